The molecule has 0 amide bonds. The van der Waals surface area contributed by atoms with Crippen molar-refractivity contribution >= 4 is 17.6 Å². The van der Waals surface area contributed by atoms with E-state index in [9.17, 15) is 4.39 Å². The van der Waals surface area contributed by atoms with Crippen molar-refractivity contribution in [3.63, 3.8) is 0 Å². The quantitative estimate of drug-likeness (QED) is 0.175. The first-order chi connectivity index (χ1) is 22.4. The van der Waals surface area contributed by atoms with Crippen molar-refractivity contribution in [1.29, 1.82) is 0 Å². The Hall–Kier alpha value is -4.22. The number of carbonyl (C=O) groups is 1. The molecule has 4 aromatic carbocycles. The maximum atomic E-state index is 12.6. The highest BCUT2D eigenvalue weighted by Gasteiger charge is 2.25. The highest BCUT2D eigenvalue weighted by atomic mass is 19.1. The van der Waals surface area contributed by atoms with E-state index >= 15 is 0 Å². The second-order valence-electron chi connectivity index (χ2n) is 12.4. The van der Waals surface area contributed by atoms with Crippen molar-refractivity contribution in [2.24, 2.45) is 0 Å². The Morgan fingerprint density at radius 3 is 2.30 bits per heavy atom. The van der Waals surface area contributed by atoms with Crippen molar-refractivity contribution < 1.29 is 18.7 Å². The molecule has 1 aliphatic carbocycles. The predicted octanol–water partition coefficient (Wildman–Crippen LogP) is 9.18. The Balaban J connectivity index is 0.000000985. The average Bonchev–Trinajstić information content (AvgIpc) is 3.43. The van der Waals surface area contributed by atoms with Gasteiger partial charge in [-0.2, -0.15) is 0 Å². The van der Waals surface area contributed by atoms with E-state index in [0.717, 1.165) is 51.1 Å². The molecule has 1 aliphatic heterocycles. The monoisotopic (exact) mass is 619 g/mol. The number of aryl methyl sites for hydroxylation is 4. The van der Waals surface area contributed by atoms with Gasteiger partial charge in [-0.3, -0.25) is 14.1 Å². The van der Waals surface area contributed by atoms with E-state index in [2.05, 4.69) is 115 Å². The fourth-order valence-corrected chi connectivity index (χ4v) is 6.88. The number of methoxy groups -OCH3 is 1. The van der Waals surface area contributed by atoms with Crippen LogP contribution >= 0.6 is 0 Å². The molecule has 1 atom stereocenters. The van der Waals surface area contributed by atoms with E-state index in [1.54, 1.807) is 0 Å². The molecule has 4 aromatic rings. The van der Waals surface area contributed by atoms with Gasteiger partial charge in [0.15, 0.2) is 0 Å². The van der Waals surface area contributed by atoms with Gasteiger partial charge in [-0.15, -0.1) is 0 Å². The number of halogens is 1. The third kappa shape index (κ3) is 7.94. The van der Waals surface area contributed by atoms with Crippen molar-refractivity contribution in [3.05, 3.63) is 124 Å². The summed E-state index contributed by atoms with van der Waals surface area (Å²) in [5, 5.41) is 0. The first-order valence-electron chi connectivity index (χ1n) is 16.4. The molecular formula is C41H46FNO3. The number of rotatable bonds is 9. The van der Waals surface area contributed by atoms with Gasteiger partial charge in [0.05, 0.1) is 13.8 Å². The summed E-state index contributed by atoms with van der Waals surface area (Å²) in [5.74, 6) is 0.911. The molecule has 4 nitrogen and oxygen atoms in total. The number of alkyl halides is 1. The highest BCUT2D eigenvalue weighted by Crippen LogP contribution is 2.42. The van der Waals surface area contributed by atoms with Crippen LogP contribution in [0.4, 0.5) is 4.39 Å². The van der Waals surface area contributed by atoms with E-state index in [1.165, 1.54) is 68.3 Å². The van der Waals surface area contributed by atoms with E-state index in [-0.39, 0.29) is 12.8 Å². The summed E-state index contributed by atoms with van der Waals surface area (Å²) in [6, 6.07) is 31.4. The van der Waals surface area contributed by atoms with Gasteiger partial charge in [-0.25, -0.2) is 0 Å². The number of ether oxygens (including phenoxy) is 2. The predicted molar refractivity (Wildman–Crippen MR) is 187 cm³/mol. The molecule has 46 heavy (non-hydrogen) atoms. The zero-order chi connectivity index (χ0) is 32.5. The number of fused-ring (bicyclic) bond motifs is 1. The Kier molecular flexibility index (Phi) is 11.4. The third-order valence-electron chi connectivity index (χ3n) is 9.09. The molecule has 2 aliphatic rings. The van der Waals surface area contributed by atoms with Crippen molar-refractivity contribution in [1.82, 2.24) is 4.90 Å². The Bertz CT molecular complexity index is 1660. The summed E-state index contributed by atoms with van der Waals surface area (Å²) in [5.41, 5.74) is 14.7. The van der Waals surface area contributed by atoms with Crippen LogP contribution in [0.1, 0.15) is 64.6 Å². The smallest absolute Gasteiger partial charge is 0.292 e. The average molecular weight is 620 g/mol. The molecule has 0 spiro atoms. The topological polar surface area (TPSA) is 38.8 Å². The molecule has 0 aromatic heterocycles. The van der Waals surface area contributed by atoms with Crippen molar-refractivity contribution in [2.45, 2.75) is 59.0 Å². The highest BCUT2D eigenvalue weighted by molar-refractivity contribution is 6.00. The van der Waals surface area contributed by atoms with Crippen LogP contribution in [-0.4, -0.2) is 50.9 Å². The largest absolute Gasteiger partial charge is 0.489 e. The number of nitrogens with zero attached hydrogens (tertiary/aromatic N) is 1. The number of hydrogen-bond acceptors (Lipinski definition) is 4. The van der Waals surface area contributed by atoms with Crippen LogP contribution in [0.3, 0.4) is 0 Å². The molecule has 1 unspecified atom stereocenters. The Morgan fingerprint density at radius 1 is 0.848 bits per heavy atom. The van der Waals surface area contributed by atoms with Crippen molar-refractivity contribution in [3.8, 4) is 16.9 Å². The standard InChI is InChI=1S/C39H42FNO.C2H4O2/c1-27-12-18-36(29(3)24-27)38-11-6-9-31-25-32(35-10-5-4-8-28(35)2)15-19-37(31)39(38)30-13-16-33(17-14-30)42-34-20-23-41(26-34)22-7-21-40;1-4-2-3/h4-5,8,10,12-19,24-25,34H,6-7,9,11,20-23,26H2,1-3H3;2H,1H3. The number of benzene rings is 4. The normalized spacial score (nSPS) is 16.2. The molecule has 240 valence electrons. The molecule has 6 rings (SSSR count). The van der Waals surface area contributed by atoms with Crippen molar-refractivity contribution in [2.75, 3.05) is 33.4 Å². The molecule has 0 radical (unpaired) electrons. The number of carbonyl (C=O) groups excluding carboxylic acids is 1. The van der Waals surface area contributed by atoms with E-state index < -0.39 is 0 Å². The maximum Gasteiger partial charge on any atom is 0.292 e. The lowest BCUT2D eigenvalue weighted by Crippen LogP contribution is -2.26. The lowest BCUT2D eigenvalue weighted by Gasteiger charge is -2.20. The molecule has 5 heteroatoms. The van der Waals surface area contributed by atoms with Gasteiger partial charge in [-0.05, 0) is 121 Å². The van der Waals surface area contributed by atoms with Crippen LogP contribution < -0.4 is 4.74 Å². The van der Waals surface area contributed by atoms with E-state index in [0.29, 0.717) is 12.9 Å². The lowest BCUT2D eigenvalue weighted by atomic mass is 9.85. The summed E-state index contributed by atoms with van der Waals surface area (Å²) < 4.78 is 22.9. The third-order valence-corrected chi connectivity index (χ3v) is 9.09. The van der Waals surface area contributed by atoms with E-state index in [1.807, 2.05) is 0 Å². The number of allylic oxidation sites excluding steroid dienone is 1. The van der Waals surface area contributed by atoms with Crippen LogP contribution in [0.25, 0.3) is 22.3 Å². The number of likely N-dealkylation sites (tertiary alicyclic amines) is 1. The fourth-order valence-electron chi connectivity index (χ4n) is 6.88. The van der Waals surface area contributed by atoms with Gasteiger partial charge in [0.1, 0.15) is 11.9 Å². The molecule has 0 bridgehead atoms. The summed E-state index contributed by atoms with van der Waals surface area (Å²) in [6.07, 6.45) is 4.99. The molecule has 0 saturated carbocycles. The second kappa shape index (κ2) is 15.9. The summed E-state index contributed by atoms with van der Waals surface area (Å²) in [7, 11) is 1.31. The van der Waals surface area contributed by atoms with Gasteiger partial charge in [0.2, 0.25) is 0 Å². The van der Waals surface area contributed by atoms with Gasteiger partial charge < -0.3 is 9.47 Å². The van der Waals surface area contributed by atoms with Crippen LogP contribution in [0.5, 0.6) is 5.75 Å². The van der Waals surface area contributed by atoms with Gasteiger partial charge in [-0.1, -0.05) is 78.4 Å². The van der Waals surface area contributed by atoms with Gasteiger partial charge in [0.25, 0.3) is 6.47 Å². The molecule has 1 heterocycles. The Morgan fingerprint density at radius 2 is 1.59 bits per heavy atom. The van der Waals surface area contributed by atoms with Crippen LogP contribution in [-0.2, 0) is 16.0 Å². The summed E-state index contributed by atoms with van der Waals surface area (Å²) >= 11 is 0. The molecule has 1 saturated heterocycles. The minimum atomic E-state index is -0.250. The maximum absolute atomic E-state index is 12.6. The minimum Gasteiger partial charge on any atom is -0.489 e. The fraction of sp³-hybridized carbons (Fsp3) is 0.341. The zero-order valence-corrected chi connectivity index (χ0v) is 27.7. The minimum absolute atomic E-state index is 0.166. The first kappa shape index (κ1) is 33.2. The number of hydrogen-bond donors (Lipinski definition) is 0. The first-order valence-corrected chi connectivity index (χ1v) is 16.4. The second-order valence-corrected chi connectivity index (χ2v) is 12.4. The van der Waals surface area contributed by atoms with Gasteiger partial charge in [0, 0.05) is 19.6 Å². The van der Waals surface area contributed by atoms with Gasteiger partial charge >= 0.3 is 0 Å². The lowest BCUT2D eigenvalue weighted by molar-refractivity contribution is -0.126. The zero-order valence-electron chi connectivity index (χ0n) is 27.7. The summed E-state index contributed by atoms with van der Waals surface area (Å²) in [6.45, 7) is 9.41. The molecule has 0 N–H and O–H groups in total. The Labute approximate surface area is 273 Å². The van der Waals surface area contributed by atoms with Crippen LogP contribution in [0.2, 0.25) is 0 Å². The molecular weight excluding hydrogens is 573 g/mol. The van der Waals surface area contributed by atoms with Crippen LogP contribution in [0, 0.1) is 20.8 Å². The van der Waals surface area contributed by atoms with Crippen LogP contribution in [0.15, 0.2) is 84.9 Å². The van der Waals surface area contributed by atoms with E-state index in [4.69, 9.17) is 9.53 Å². The molecule has 1 fully saturated rings. The SMILES string of the molecule is COC=O.Cc1ccc(C2=C(c3ccc(OC4CCN(CCCF)C4)cc3)c3ccc(-c4ccccc4C)cc3CCC2)c(C)c1. The summed E-state index contributed by atoms with van der Waals surface area (Å²) in [4.78, 5) is 11.3.